The van der Waals surface area contributed by atoms with E-state index in [2.05, 4.69) is 10.3 Å². The van der Waals surface area contributed by atoms with E-state index < -0.39 is 6.10 Å². The summed E-state index contributed by atoms with van der Waals surface area (Å²) in [5.74, 6) is 0.553. The van der Waals surface area contributed by atoms with Gasteiger partial charge in [0.1, 0.15) is 24.1 Å². The van der Waals surface area contributed by atoms with Gasteiger partial charge in [0.2, 0.25) is 0 Å². The molecular weight excluding hydrogens is 394 g/mol. The second-order valence-electron chi connectivity index (χ2n) is 8.14. The summed E-state index contributed by atoms with van der Waals surface area (Å²) >= 11 is 0. The number of amides is 1. The number of nitrogens with one attached hydrogen (secondary N) is 1. The van der Waals surface area contributed by atoms with Crippen LogP contribution >= 0.6 is 0 Å². The van der Waals surface area contributed by atoms with E-state index in [0.717, 1.165) is 30.8 Å². The summed E-state index contributed by atoms with van der Waals surface area (Å²) in [5, 5.41) is 2.95. The molecule has 3 heterocycles. The maximum Gasteiger partial charge on any atom is 0.253 e. The van der Waals surface area contributed by atoms with Gasteiger partial charge in [0.05, 0.1) is 18.4 Å². The summed E-state index contributed by atoms with van der Waals surface area (Å²) in [7, 11) is 0. The number of hydrogen-bond acceptors (Lipinski definition) is 5. The Morgan fingerprint density at radius 1 is 1.29 bits per heavy atom. The van der Waals surface area contributed by atoms with Gasteiger partial charge in [0, 0.05) is 30.8 Å². The molecule has 1 aliphatic rings. The van der Waals surface area contributed by atoms with Crippen molar-refractivity contribution in [2.45, 2.75) is 45.5 Å². The Bertz CT molecular complexity index is 978. The van der Waals surface area contributed by atoms with Crippen LogP contribution in [0.1, 0.15) is 32.4 Å². The van der Waals surface area contributed by atoms with Crippen LogP contribution in [0.5, 0.6) is 5.75 Å². The molecule has 7 heteroatoms. The summed E-state index contributed by atoms with van der Waals surface area (Å²) in [6.45, 7) is 5.52. The van der Waals surface area contributed by atoms with Gasteiger partial charge in [-0.1, -0.05) is 26.0 Å². The number of anilines is 1. The summed E-state index contributed by atoms with van der Waals surface area (Å²) in [6, 6.07) is 13.2. The molecule has 0 radical (unpaired) electrons. The highest BCUT2D eigenvalue weighted by Gasteiger charge is 2.26. The predicted molar refractivity (Wildman–Crippen MR) is 118 cm³/mol. The monoisotopic (exact) mass is 423 g/mol. The summed E-state index contributed by atoms with van der Waals surface area (Å²) in [4.78, 5) is 17.4. The van der Waals surface area contributed by atoms with Crippen molar-refractivity contribution in [1.82, 2.24) is 9.38 Å². The largest absolute Gasteiger partial charge is 0.487 e. The molecule has 1 aliphatic heterocycles. The number of hydrogen-bond donors (Lipinski definition) is 1. The quantitative estimate of drug-likeness (QED) is 0.562. The molecule has 31 heavy (non-hydrogen) atoms. The molecule has 1 fully saturated rings. The topological polar surface area (TPSA) is 74.1 Å². The molecule has 0 saturated carbocycles. The van der Waals surface area contributed by atoms with Crippen molar-refractivity contribution < 1.29 is 19.0 Å². The van der Waals surface area contributed by atoms with Crippen molar-refractivity contribution in [3.05, 3.63) is 60.6 Å². The van der Waals surface area contributed by atoms with Gasteiger partial charge in [-0.15, -0.1) is 0 Å². The molecule has 0 spiro atoms. The highest BCUT2D eigenvalue weighted by Crippen LogP contribution is 2.21. The van der Waals surface area contributed by atoms with Crippen LogP contribution in [0.4, 0.5) is 5.69 Å². The second-order valence-corrected chi connectivity index (χ2v) is 8.14. The standard InChI is InChI=1S/C24H29N3O4/c1-17(2)23(31-16-21-9-6-12-29-21)24(28)26-18-7-5-8-20(13-18)30-15-19-14-27-11-4-3-10-22(27)25-19/h3-5,7-8,10-11,13-14,17,21,23H,6,9,12,15-16H2,1-2H3,(H,26,28). The molecule has 2 aromatic heterocycles. The number of aromatic nitrogens is 2. The van der Waals surface area contributed by atoms with Gasteiger partial charge in [-0.25, -0.2) is 4.98 Å². The third kappa shape index (κ3) is 5.62. The van der Waals surface area contributed by atoms with Crippen molar-refractivity contribution in [2.75, 3.05) is 18.5 Å². The lowest BCUT2D eigenvalue weighted by molar-refractivity contribution is -0.132. The van der Waals surface area contributed by atoms with Gasteiger partial charge in [0.15, 0.2) is 0 Å². The first-order valence-electron chi connectivity index (χ1n) is 10.8. The van der Waals surface area contributed by atoms with Crippen LogP contribution in [0.25, 0.3) is 5.65 Å². The minimum atomic E-state index is -0.535. The van der Waals surface area contributed by atoms with E-state index in [9.17, 15) is 4.79 Å². The van der Waals surface area contributed by atoms with E-state index in [0.29, 0.717) is 24.7 Å². The number of benzene rings is 1. The summed E-state index contributed by atoms with van der Waals surface area (Å²) in [6.07, 6.45) is 5.48. The van der Waals surface area contributed by atoms with Crippen molar-refractivity contribution >= 4 is 17.2 Å². The average molecular weight is 424 g/mol. The summed E-state index contributed by atoms with van der Waals surface area (Å²) < 4.78 is 19.4. The van der Waals surface area contributed by atoms with Gasteiger partial charge in [-0.05, 0) is 43.0 Å². The fraction of sp³-hybridized carbons (Fsp3) is 0.417. The first kappa shape index (κ1) is 21.3. The Hall–Kier alpha value is -2.90. The lowest BCUT2D eigenvalue weighted by Crippen LogP contribution is -2.36. The maximum atomic E-state index is 12.8. The van der Waals surface area contributed by atoms with Crippen LogP contribution in [-0.2, 0) is 20.9 Å². The van der Waals surface area contributed by atoms with Crippen molar-refractivity contribution in [1.29, 1.82) is 0 Å². The number of rotatable bonds is 9. The van der Waals surface area contributed by atoms with E-state index in [1.54, 1.807) is 0 Å². The normalized spacial score (nSPS) is 17.2. The Labute approximate surface area is 182 Å². The van der Waals surface area contributed by atoms with Gasteiger partial charge < -0.3 is 23.9 Å². The van der Waals surface area contributed by atoms with E-state index >= 15 is 0 Å². The van der Waals surface area contributed by atoms with Crippen molar-refractivity contribution in [3.63, 3.8) is 0 Å². The lowest BCUT2D eigenvalue weighted by Gasteiger charge is -2.22. The average Bonchev–Trinajstić information content (AvgIpc) is 3.42. The molecule has 7 nitrogen and oxygen atoms in total. The highest BCUT2D eigenvalue weighted by molar-refractivity contribution is 5.94. The molecule has 0 aliphatic carbocycles. The Kier molecular flexibility index (Phi) is 6.84. The van der Waals surface area contributed by atoms with Crippen LogP contribution in [0.2, 0.25) is 0 Å². The Morgan fingerprint density at radius 3 is 2.97 bits per heavy atom. The second kappa shape index (κ2) is 9.94. The first-order valence-corrected chi connectivity index (χ1v) is 10.8. The zero-order valence-electron chi connectivity index (χ0n) is 18.0. The minimum Gasteiger partial charge on any atom is -0.487 e. The molecule has 0 bridgehead atoms. The number of nitrogens with zero attached hydrogens (tertiary/aromatic N) is 2. The molecule has 4 rings (SSSR count). The SMILES string of the molecule is CC(C)C(OCC1CCCO1)C(=O)Nc1cccc(OCc2cn3ccccc3n2)c1. The third-order valence-corrected chi connectivity index (χ3v) is 5.25. The van der Waals surface area contributed by atoms with Gasteiger partial charge >= 0.3 is 0 Å². The molecule has 1 saturated heterocycles. The molecule has 3 aromatic rings. The molecular formula is C24H29N3O4. The maximum absolute atomic E-state index is 12.8. The fourth-order valence-electron chi connectivity index (χ4n) is 3.65. The molecule has 1 amide bonds. The van der Waals surface area contributed by atoms with E-state index in [1.165, 1.54) is 0 Å². The van der Waals surface area contributed by atoms with Gasteiger partial charge in [0.25, 0.3) is 5.91 Å². The van der Waals surface area contributed by atoms with Gasteiger partial charge in [-0.2, -0.15) is 0 Å². The number of imidazole rings is 1. The highest BCUT2D eigenvalue weighted by atomic mass is 16.5. The molecule has 1 N–H and O–H groups in total. The molecule has 164 valence electrons. The van der Waals surface area contributed by atoms with Crippen molar-refractivity contribution in [2.24, 2.45) is 5.92 Å². The molecule has 2 atom stereocenters. The van der Waals surface area contributed by atoms with E-state index in [1.807, 2.05) is 73.1 Å². The number of pyridine rings is 1. The van der Waals surface area contributed by atoms with Crippen LogP contribution in [0, 0.1) is 5.92 Å². The Morgan fingerprint density at radius 2 is 2.19 bits per heavy atom. The zero-order valence-corrected chi connectivity index (χ0v) is 18.0. The van der Waals surface area contributed by atoms with Crippen LogP contribution in [0.15, 0.2) is 54.9 Å². The zero-order chi connectivity index (χ0) is 21.6. The predicted octanol–water partition coefficient (Wildman–Crippen LogP) is 4.07. The van der Waals surface area contributed by atoms with Crippen LogP contribution in [-0.4, -0.2) is 40.7 Å². The number of ether oxygens (including phenoxy) is 3. The van der Waals surface area contributed by atoms with Crippen LogP contribution < -0.4 is 10.1 Å². The number of fused-ring (bicyclic) bond motifs is 1. The fourth-order valence-corrected chi connectivity index (χ4v) is 3.65. The summed E-state index contributed by atoms with van der Waals surface area (Å²) in [5.41, 5.74) is 2.39. The first-order chi connectivity index (χ1) is 15.1. The third-order valence-electron chi connectivity index (χ3n) is 5.25. The minimum absolute atomic E-state index is 0.0517. The van der Waals surface area contributed by atoms with Crippen LogP contribution in [0.3, 0.4) is 0 Å². The lowest BCUT2D eigenvalue weighted by atomic mass is 10.1. The van der Waals surface area contributed by atoms with E-state index in [4.69, 9.17) is 14.2 Å². The van der Waals surface area contributed by atoms with Gasteiger partial charge in [-0.3, -0.25) is 4.79 Å². The number of carbonyl (C=O) groups excluding carboxylic acids is 1. The number of carbonyl (C=O) groups is 1. The Balaban J connectivity index is 1.34. The van der Waals surface area contributed by atoms with E-state index in [-0.39, 0.29) is 17.9 Å². The molecule has 1 aromatic carbocycles. The smallest absolute Gasteiger partial charge is 0.253 e. The van der Waals surface area contributed by atoms with Crippen molar-refractivity contribution in [3.8, 4) is 5.75 Å². The molecule has 2 unspecified atom stereocenters.